The molecule has 0 saturated heterocycles. The largest absolute Gasteiger partial charge is 0.494 e. The van der Waals surface area contributed by atoms with E-state index in [1.165, 1.54) is 30.1 Å². The van der Waals surface area contributed by atoms with Crippen LogP contribution in [0.2, 0.25) is 0 Å². The molecule has 162 valence electrons. The van der Waals surface area contributed by atoms with Crippen LogP contribution in [0, 0.1) is 5.82 Å². The van der Waals surface area contributed by atoms with Crippen molar-refractivity contribution in [3.63, 3.8) is 0 Å². The fourth-order valence-electron chi connectivity index (χ4n) is 2.68. The van der Waals surface area contributed by atoms with Gasteiger partial charge in [0.05, 0.1) is 12.8 Å². The Hall–Kier alpha value is -3.04. The van der Waals surface area contributed by atoms with E-state index in [4.69, 9.17) is 21.7 Å². The van der Waals surface area contributed by atoms with E-state index in [1.54, 1.807) is 17.5 Å². The Morgan fingerprint density at radius 1 is 1.23 bits per heavy atom. The molecule has 0 saturated carbocycles. The molecule has 0 fully saturated rings. The number of rotatable bonds is 7. The van der Waals surface area contributed by atoms with Crippen molar-refractivity contribution >= 4 is 39.7 Å². The first-order valence-electron chi connectivity index (χ1n) is 9.48. The summed E-state index contributed by atoms with van der Waals surface area (Å²) in [6.07, 6.45) is 0. The van der Waals surface area contributed by atoms with Crippen LogP contribution in [0.5, 0.6) is 11.5 Å². The zero-order valence-electron chi connectivity index (χ0n) is 17.3. The van der Waals surface area contributed by atoms with E-state index in [0.717, 1.165) is 0 Å². The fourth-order valence-corrected chi connectivity index (χ4v) is 3.68. The van der Waals surface area contributed by atoms with E-state index in [-0.39, 0.29) is 23.4 Å². The third kappa shape index (κ3) is 6.22. The van der Waals surface area contributed by atoms with Crippen LogP contribution in [0.15, 0.2) is 47.8 Å². The average Bonchev–Trinajstić information content (AvgIpc) is 3.20. The highest BCUT2D eigenvalue weighted by atomic mass is 32.1. The van der Waals surface area contributed by atoms with Crippen LogP contribution in [0.3, 0.4) is 0 Å². The molecule has 0 aliphatic heterocycles. The van der Waals surface area contributed by atoms with Gasteiger partial charge in [-0.25, -0.2) is 9.37 Å². The second-order valence-electron chi connectivity index (χ2n) is 6.90. The van der Waals surface area contributed by atoms with Crippen molar-refractivity contribution in [3.05, 3.63) is 59.2 Å². The number of benzene rings is 2. The molecule has 1 amide bonds. The van der Waals surface area contributed by atoms with Crippen molar-refractivity contribution < 1.29 is 18.7 Å². The SMILES string of the molecule is COc1ccc(-c2csc(NC(=S)NC(=O)COc3ccc(C(C)C)cc3)n2)cc1F. The molecule has 0 aliphatic carbocycles. The number of nitrogens with one attached hydrogen (secondary N) is 2. The smallest absolute Gasteiger partial charge is 0.264 e. The van der Waals surface area contributed by atoms with Gasteiger partial charge in [0.15, 0.2) is 28.4 Å². The third-order valence-corrected chi connectivity index (χ3v) is 5.30. The highest BCUT2D eigenvalue weighted by Gasteiger charge is 2.11. The van der Waals surface area contributed by atoms with Gasteiger partial charge in [0.25, 0.3) is 5.91 Å². The molecule has 2 N–H and O–H groups in total. The Labute approximate surface area is 189 Å². The molecule has 6 nitrogen and oxygen atoms in total. The lowest BCUT2D eigenvalue weighted by atomic mass is 10.0. The van der Waals surface area contributed by atoms with Gasteiger partial charge in [0.2, 0.25) is 0 Å². The number of hydrogen-bond donors (Lipinski definition) is 2. The lowest BCUT2D eigenvalue weighted by molar-refractivity contribution is -0.121. The van der Waals surface area contributed by atoms with Crippen molar-refractivity contribution in [1.82, 2.24) is 10.3 Å². The number of halogens is 1. The normalized spacial score (nSPS) is 10.6. The van der Waals surface area contributed by atoms with Crippen molar-refractivity contribution in [2.45, 2.75) is 19.8 Å². The van der Waals surface area contributed by atoms with Gasteiger partial charge in [0.1, 0.15) is 5.75 Å². The summed E-state index contributed by atoms with van der Waals surface area (Å²) in [5, 5.41) is 7.74. The van der Waals surface area contributed by atoms with E-state index in [0.29, 0.717) is 28.1 Å². The van der Waals surface area contributed by atoms with Gasteiger partial charge in [-0.15, -0.1) is 11.3 Å². The van der Waals surface area contributed by atoms with Gasteiger partial charge in [-0.1, -0.05) is 26.0 Å². The van der Waals surface area contributed by atoms with E-state index < -0.39 is 5.82 Å². The van der Waals surface area contributed by atoms with E-state index in [9.17, 15) is 9.18 Å². The number of carbonyl (C=O) groups excluding carboxylic acids is 1. The van der Waals surface area contributed by atoms with Gasteiger partial charge >= 0.3 is 0 Å². The van der Waals surface area contributed by atoms with Crippen LogP contribution in [0.25, 0.3) is 11.3 Å². The monoisotopic (exact) mass is 459 g/mol. The number of aromatic nitrogens is 1. The number of amides is 1. The quantitative estimate of drug-likeness (QED) is 0.486. The topological polar surface area (TPSA) is 72.5 Å². The number of methoxy groups -OCH3 is 1. The predicted octanol–water partition coefficient (Wildman–Crippen LogP) is 4.97. The van der Waals surface area contributed by atoms with Gasteiger partial charge in [-0.05, 0) is 54.0 Å². The van der Waals surface area contributed by atoms with Crippen molar-refractivity contribution in [2.24, 2.45) is 0 Å². The van der Waals surface area contributed by atoms with Crippen LogP contribution < -0.4 is 20.1 Å². The summed E-state index contributed by atoms with van der Waals surface area (Å²) in [6.45, 7) is 4.05. The Balaban J connectivity index is 1.50. The molecule has 31 heavy (non-hydrogen) atoms. The zero-order valence-corrected chi connectivity index (χ0v) is 18.9. The minimum atomic E-state index is -0.468. The molecule has 2 aromatic carbocycles. The van der Waals surface area contributed by atoms with E-state index in [1.807, 2.05) is 24.3 Å². The summed E-state index contributed by atoms with van der Waals surface area (Å²) in [6, 6.07) is 12.2. The number of hydrogen-bond acceptors (Lipinski definition) is 6. The van der Waals surface area contributed by atoms with Crippen LogP contribution in [0.1, 0.15) is 25.3 Å². The number of ether oxygens (including phenoxy) is 2. The summed E-state index contributed by atoms with van der Waals surface area (Å²) >= 11 is 6.44. The Kier molecular flexibility index (Phi) is 7.54. The zero-order chi connectivity index (χ0) is 22.4. The highest BCUT2D eigenvalue weighted by Crippen LogP contribution is 2.28. The summed E-state index contributed by atoms with van der Waals surface area (Å²) in [5.74, 6) is 0.341. The molecule has 1 aromatic heterocycles. The van der Waals surface area contributed by atoms with Crippen molar-refractivity contribution in [1.29, 1.82) is 0 Å². The fraction of sp³-hybridized carbons (Fsp3) is 0.227. The van der Waals surface area contributed by atoms with E-state index >= 15 is 0 Å². The molecule has 1 heterocycles. The van der Waals surface area contributed by atoms with Crippen molar-refractivity contribution in [3.8, 4) is 22.8 Å². The van der Waals surface area contributed by atoms with Gasteiger partial charge in [-0.2, -0.15) is 0 Å². The molecule has 0 aliphatic rings. The third-order valence-electron chi connectivity index (χ3n) is 4.34. The predicted molar refractivity (Wildman–Crippen MR) is 124 cm³/mol. The molecule has 0 unspecified atom stereocenters. The lowest BCUT2D eigenvalue weighted by Crippen LogP contribution is -2.37. The van der Waals surface area contributed by atoms with Crippen LogP contribution in [0.4, 0.5) is 9.52 Å². The van der Waals surface area contributed by atoms with Gasteiger partial charge in [-0.3, -0.25) is 10.1 Å². The first kappa shape index (κ1) is 22.6. The number of carbonyl (C=O) groups is 1. The Morgan fingerprint density at radius 2 is 1.97 bits per heavy atom. The molecule has 3 rings (SSSR count). The molecule has 0 bridgehead atoms. The maximum atomic E-state index is 13.9. The highest BCUT2D eigenvalue weighted by molar-refractivity contribution is 7.80. The molecule has 0 spiro atoms. The maximum Gasteiger partial charge on any atom is 0.264 e. The van der Waals surface area contributed by atoms with Crippen LogP contribution >= 0.6 is 23.6 Å². The Bertz CT molecular complexity index is 1070. The van der Waals surface area contributed by atoms with Gasteiger partial charge in [0, 0.05) is 10.9 Å². The first-order valence-corrected chi connectivity index (χ1v) is 10.8. The number of thiazole rings is 1. The van der Waals surface area contributed by atoms with E-state index in [2.05, 4.69) is 29.5 Å². The van der Waals surface area contributed by atoms with Crippen molar-refractivity contribution in [2.75, 3.05) is 19.0 Å². The maximum absolute atomic E-state index is 13.9. The van der Waals surface area contributed by atoms with Crippen LogP contribution in [-0.2, 0) is 4.79 Å². The molecule has 0 atom stereocenters. The molecular weight excluding hydrogens is 437 g/mol. The van der Waals surface area contributed by atoms with Crippen LogP contribution in [-0.4, -0.2) is 29.7 Å². The molecule has 3 aromatic rings. The lowest BCUT2D eigenvalue weighted by Gasteiger charge is -2.10. The second-order valence-corrected chi connectivity index (χ2v) is 8.17. The second kappa shape index (κ2) is 10.3. The summed E-state index contributed by atoms with van der Waals surface area (Å²) < 4.78 is 24.3. The Morgan fingerprint density at radius 3 is 2.61 bits per heavy atom. The molecular formula is C22H22FN3O3S2. The van der Waals surface area contributed by atoms with Gasteiger partial charge < -0.3 is 14.8 Å². The number of anilines is 1. The molecule has 9 heteroatoms. The number of nitrogens with zero attached hydrogens (tertiary/aromatic N) is 1. The summed E-state index contributed by atoms with van der Waals surface area (Å²) in [7, 11) is 1.41. The average molecular weight is 460 g/mol. The summed E-state index contributed by atoms with van der Waals surface area (Å²) in [4.78, 5) is 16.5. The number of thiocarbonyl (C=S) groups is 1. The standard InChI is InChI=1S/C22H22FN3O3S2/c1-13(2)14-4-7-16(8-5-14)29-11-20(27)25-21(30)26-22-24-18(12-31-22)15-6-9-19(28-3)17(23)10-15/h4-10,12-13H,11H2,1-3H3,(H2,24,25,26,27,30). The molecule has 0 radical (unpaired) electrons. The summed E-state index contributed by atoms with van der Waals surface area (Å²) in [5.41, 5.74) is 2.38. The minimum Gasteiger partial charge on any atom is -0.494 e. The minimum absolute atomic E-state index is 0.102. The first-order chi connectivity index (χ1) is 14.9.